The highest BCUT2D eigenvalue weighted by molar-refractivity contribution is 6.31. The average molecular weight is 325 g/mol. The minimum atomic E-state index is -0.187. The van der Waals surface area contributed by atoms with Gasteiger partial charge in [0.05, 0.1) is 6.61 Å². The number of hydrogen-bond donors (Lipinski definition) is 0. The van der Waals surface area contributed by atoms with E-state index in [0.717, 1.165) is 43.2 Å². The highest BCUT2D eigenvalue weighted by Gasteiger charge is 2.20. The second-order valence-electron chi connectivity index (χ2n) is 6.18. The molecule has 1 amide bonds. The predicted octanol–water partition coefficient (Wildman–Crippen LogP) is 3.64. The fourth-order valence-electron chi connectivity index (χ4n) is 2.51. The molecular formula is C17H25ClN2O2. The van der Waals surface area contributed by atoms with Crippen LogP contribution in [0.25, 0.3) is 0 Å². The molecule has 0 aromatic heterocycles. The van der Waals surface area contributed by atoms with Crippen molar-refractivity contribution in [1.29, 1.82) is 0 Å². The van der Waals surface area contributed by atoms with Gasteiger partial charge in [0.1, 0.15) is 0 Å². The van der Waals surface area contributed by atoms with Crippen LogP contribution in [-0.4, -0.2) is 48.7 Å². The molecule has 4 nitrogen and oxygen atoms in total. The van der Waals surface area contributed by atoms with Gasteiger partial charge in [-0.2, -0.15) is 0 Å². The lowest BCUT2D eigenvalue weighted by molar-refractivity contribution is 0.0930. The molecule has 1 aliphatic rings. The van der Waals surface area contributed by atoms with Crippen molar-refractivity contribution in [3.05, 3.63) is 34.9 Å². The lowest BCUT2D eigenvalue weighted by atomic mass is 10.2. The van der Waals surface area contributed by atoms with Crippen LogP contribution >= 0.6 is 11.6 Å². The summed E-state index contributed by atoms with van der Waals surface area (Å²) in [6.07, 6.45) is 0.773. The molecule has 0 saturated carbocycles. The van der Waals surface area contributed by atoms with E-state index in [0.29, 0.717) is 19.1 Å². The van der Waals surface area contributed by atoms with Gasteiger partial charge < -0.3 is 9.64 Å². The third kappa shape index (κ3) is 5.18. The molecule has 1 aliphatic heterocycles. The Hall–Kier alpha value is -1.26. The molecule has 1 aromatic rings. The molecule has 0 atom stereocenters. The van der Waals surface area contributed by atoms with Gasteiger partial charge in [-0.1, -0.05) is 43.6 Å². The Morgan fingerprint density at radius 2 is 2.00 bits per heavy atom. The van der Waals surface area contributed by atoms with Crippen LogP contribution in [0.4, 0.5) is 4.79 Å². The lowest BCUT2D eigenvalue weighted by Gasteiger charge is -2.22. The zero-order valence-corrected chi connectivity index (χ0v) is 14.2. The number of halogens is 1. The molecule has 0 aliphatic carbocycles. The number of carbonyl (C=O) groups is 1. The lowest BCUT2D eigenvalue weighted by Crippen LogP contribution is -2.36. The van der Waals surface area contributed by atoms with E-state index in [-0.39, 0.29) is 6.09 Å². The molecule has 1 saturated heterocycles. The maximum Gasteiger partial charge on any atom is 0.409 e. The molecule has 0 bridgehead atoms. The van der Waals surface area contributed by atoms with Crippen molar-refractivity contribution in [3.63, 3.8) is 0 Å². The van der Waals surface area contributed by atoms with E-state index in [2.05, 4.69) is 11.0 Å². The standard InChI is InChI=1S/C17H25ClN2O2/c1-14(2)13-22-17(21)20-9-5-8-19(10-11-20)12-15-6-3-4-7-16(15)18/h3-4,6-7,14H,5,8-13H2,1-2H3. The van der Waals surface area contributed by atoms with Gasteiger partial charge in [-0.3, -0.25) is 4.90 Å². The van der Waals surface area contributed by atoms with Crippen molar-refractivity contribution >= 4 is 17.7 Å². The van der Waals surface area contributed by atoms with E-state index < -0.39 is 0 Å². The van der Waals surface area contributed by atoms with Crippen LogP contribution in [0.5, 0.6) is 0 Å². The van der Waals surface area contributed by atoms with Gasteiger partial charge in [-0.25, -0.2) is 4.79 Å². The number of carbonyl (C=O) groups excluding carboxylic acids is 1. The molecule has 1 heterocycles. The molecule has 0 radical (unpaired) electrons. The monoisotopic (exact) mass is 324 g/mol. The smallest absolute Gasteiger partial charge is 0.409 e. The maximum atomic E-state index is 12.0. The van der Waals surface area contributed by atoms with Crippen LogP contribution in [0.1, 0.15) is 25.8 Å². The fourth-order valence-corrected chi connectivity index (χ4v) is 2.70. The number of amides is 1. The minimum absolute atomic E-state index is 0.187. The first kappa shape index (κ1) is 17.1. The van der Waals surface area contributed by atoms with Gasteiger partial charge in [0.15, 0.2) is 0 Å². The topological polar surface area (TPSA) is 32.8 Å². The zero-order chi connectivity index (χ0) is 15.9. The van der Waals surface area contributed by atoms with E-state index in [1.807, 2.05) is 36.9 Å². The van der Waals surface area contributed by atoms with Crippen molar-refractivity contribution in [2.45, 2.75) is 26.8 Å². The van der Waals surface area contributed by atoms with Crippen LogP contribution in [0.15, 0.2) is 24.3 Å². The molecule has 122 valence electrons. The normalized spacial score (nSPS) is 16.6. The Morgan fingerprint density at radius 1 is 1.23 bits per heavy atom. The van der Waals surface area contributed by atoms with E-state index in [1.54, 1.807) is 0 Å². The Labute approximate surface area is 138 Å². The summed E-state index contributed by atoms with van der Waals surface area (Å²) >= 11 is 6.22. The third-order valence-electron chi connectivity index (χ3n) is 3.74. The van der Waals surface area contributed by atoms with E-state index in [9.17, 15) is 4.79 Å². The van der Waals surface area contributed by atoms with Crippen LogP contribution < -0.4 is 0 Å². The first-order chi connectivity index (χ1) is 10.6. The first-order valence-corrected chi connectivity index (χ1v) is 8.31. The summed E-state index contributed by atoms with van der Waals surface area (Å²) in [5.41, 5.74) is 1.14. The average Bonchev–Trinajstić information content (AvgIpc) is 2.73. The van der Waals surface area contributed by atoms with Crippen molar-refractivity contribution in [1.82, 2.24) is 9.80 Å². The Balaban J connectivity index is 1.84. The molecule has 22 heavy (non-hydrogen) atoms. The summed E-state index contributed by atoms with van der Waals surface area (Å²) in [7, 11) is 0. The second-order valence-corrected chi connectivity index (χ2v) is 6.59. The quantitative estimate of drug-likeness (QED) is 0.847. The molecule has 1 aromatic carbocycles. The Morgan fingerprint density at radius 3 is 2.73 bits per heavy atom. The van der Waals surface area contributed by atoms with Gasteiger partial charge >= 0.3 is 6.09 Å². The number of ether oxygens (including phenoxy) is 1. The molecule has 5 heteroatoms. The number of hydrogen-bond acceptors (Lipinski definition) is 3. The predicted molar refractivity (Wildman–Crippen MR) is 89.1 cm³/mol. The van der Waals surface area contributed by atoms with Crippen LogP contribution in [0.3, 0.4) is 0 Å². The largest absolute Gasteiger partial charge is 0.449 e. The van der Waals surface area contributed by atoms with Crippen LogP contribution in [0, 0.1) is 5.92 Å². The molecule has 0 spiro atoms. The molecular weight excluding hydrogens is 300 g/mol. The van der Waals surface area contributed by atoms with E-state index >= 15 is 0 Å². The summed E-state index contributed by atoms with van der Waals surface area (Å²) in [6, 6.07) is 7.93. The molecule has 0 N–H and O–H groups in total. The van der Waals surface area contributed by atoms with Crippen molar-refractivity contribution in [2.75, 3.05) is 32.8 Å². The summed E-state index contributed by atoms with van der Waals surface area (Å²) in [5.74, 6) is 0.368. The summed E-state index contributed by atoms with van der Waals surface area (Å²) in [6.45, 7) is 8.69. The number of nitrogens with zero attached hydrogens (tertiary/aromatic N) is 2. The minimum Gasteiger partial charge on any atom is -0.449 e. The summed E-state index contributed by atoms with van der Waals surface area (Å²) in [4.78, 5) is 16.2. The first-order valence-electron chi connectivity index (χ1n) is 7.93. The van der Waals surface area contributed by atoms with E-state index in [1.165, 1.54) is 0 Å². The van der Waals surface area contributed by atoms with Gasteiger partial charge in [-0.05, 0) is 24.0 Å². The Kier molecular flexibility index (Phi) is 6.52. The van der Waals surface area contributed by atoms with Gasteiger partial charge in [-0.15, -0.1) is 0 Å². The van der Waals surface area contributed by atoms with Crippen LogP contribution in [0.2, 0.25) is 5.02 Å². The maximum absolute atomic E-state index is 12.0. The van der Waals surface area contributed by atoms with E-state index in [4.69, 9.17) is 16.3 Å². The summed E-state index contributed by atoms with van der Waals surface area (Å²) < 4.78 is 5.32. The fraction of sp³-hybridized carbons (Fsp3) is 0.588. The van der Waals surface area contributed by atoms with Gasteiger partial charge in [0, 0.05) is 37.7 Å². The molecule has 1 fully saturated rings. The Bertz CT molecular complexity index is 493. The molecule has 0 unspecified atom stereocenters. The molecule has 2 rings (SSSR count). The van der Waals surface area contributed by atoms with Gasteiger partial charge in [0.2, 0.25) is 0 Å². The van der Waals surface area contributed by atoms with Crippen molar-refractivity contribution in [3.8, 4) is 0 Å². The number of rotatable bonds is 4. The highest BCUT2D eigenvalue weighted by atomic mass is 35.5. The third-order valence-corrected chi connectivity index (χ3v) is 4.11. The van der Waals surface area contributed by atoms with Gasteiger partial charge in [0.25, 0.3) is 0 Å². The number of benzene rings is 1. The van der Waals surface area contributed by atoms with Crippen molar-refractivity contribution < 1.29 is 9.53 Å². The van der Waals surface area contributed by atoms with Crippen molar-refractivity contribution in [2.24, 2.45) is 5.92 Å². The zero-order valence-electron chi connectivity index (χ0n) is 13.4. The highest BCUT2D eigenvalue weighted by Crippen LogP contribution is 2.18. The SMILES string of the molecule is CC(C)COC(=O)N1CCCN(Cc2ccccc2Cl)CC1. The summed E-state index contributed by atoms with van der Waals surface area (Å²) in [5, 5.41) is 0.806. The van der Waals surface area contributed by atoms with Crippen LogP contribution in [-0.2, 0) is 11.3 Å². The second kappa shape index (κ2) is 8.39.